The van der Waals surface area contributed by atoms with Crippen LogP contribution in [0.4, 0.5) is 0 Å². The zero-order chi connectivity index (χ0) is 33.1. The van der Waals surface area contributed by atoms with Crippen LogP contribution in [0.1, 0.15) is 87.8 Å². The first kappa shape index (κ1) is 36.4. The molecule has 0 amide bonds. The van der Waals surface area contributed by atoms with Gasteiger partial charge in [-0.1, -0.05) is 39.5 Å². The SMILES string of the molecule is CCC1(COCCCCCCc2ccc(-c3ccc(-c4ccc(-c5ccc(CCCCCCOCC6(CC)COC6)s5)s4)s3)s2)COC1. The largest absolute Gasteiger partial charge is 0.381 e. The molecule has 0 atom stereocenters. The highest BCUT2D eigenvalue weighted by Gasteiger charge is 2.37. The number of thiophene rings is 4. The normalized spacial score (nSPS) is 16.6. The second kappa shape index (κ2) is 18.2. The van der Waals surface area contributed by atoms with Crippen LogP contribution in [0.15, 0.2) is 48.5 Å². The Morgan fingerprint density at radius 2 is 0.833 bits per heavy atom. The van der Waals surface area contributed by atoms with Gasteiger partial charge in [-0.3, -0.25) is 0 Å². The predicted octanol–water partition coefficient (Wildman–Crippen LogP) is 12.0. The minimum absolute atomic E-state index is 0.308. The topological polar surface area (TPSA) is 36.9 Å². The minimum atomic E-state index is 0.308. The van der Waals surface area contributed by atoms with Crippen LogP contribution >= 0.6 is 45.3 Å². The lowest BCUT2D eigenvalue weighted by Gasteiger charge is -2.40. The highest BCUT2D eigenvalue weighted by Crippen LogP contribution is 2.43. The Morgan fingerprint density at radius 3 is 1.19 bits per heavy atom. The quantitative estimate of drug-likeness (QED) is 0.0713. The number of hydrogen-bond acceptors (Lipinski definition) is 8. The van der Waals surface area contributed by atoms with E-state index in [1.54, 1.807) is 0 Å². The lowest BCUT2D eigenvalue weighted by atomic mass is 9.84. The first-order valence-electron chi connectivity index (χ1n) is 18.3. The molecule has 4 aromatic rings. The first-order chi connectivity index (χ1) is 23.6. The van der Waals surface area contributed by atoms with Crippen molar-refractivity contribution < 1.29 is 18.9 Å². The van der Waals surface area contributed by atoms with Gasteiger partial charge in [0.15, 0.2) is 0 Å². The van der Waals surface area contributed by atoms with E-state index in [0.717, 1.165) is 65.7 Å². The van der Waals surface area contributed by atoms with Crippen LogP contribution in [0.3, 0.4) is 0 Å². The highest BCUT2D eigenvalue weighted by atomic mass is 32.1. The predicted molar refractivity (Wildman–Crippen MR) is 207 cm³/mol. The standard InChI is InChI=1S/C40H54O4S4/c1-3-39(27-43-28-39)25-41-23-11-7-5-9-13-31-15-17-33(45-31)35-19-21-37(47-35)38-22-20-36(48-38)34-18-16-32(46-34)14-10-6-8-12-24-42-26-40(4-2)29-44-30-40/h15-22H,3-14,23-30H2,1-2H3. The lowest BCUT2D eigenvalue weighted by Crippen LogP contribution is -2.45. The lowest BCUT2D eigenvalue weighted by molar-refractivity contribution is -0.150. The molecule has 8 heteroatoms. The number of unbranched alkanes of at least 4 members (excludes halogenated alkanes) is 6. The van der Waals surface area contributed by atoms with Gasteiger partial charge in [-0.25, -0.2) is 0 Å². The van der Waals surface area contributed by atoms with Crippen molar-refractivity contribution in [2.24, 2.45) is 10.8 Å². The zero-order valence-electron chi connectivity index (χ0n) is 29.0. The minimum Gasteiger partial charge on any atom is -0.381 e. The summed E-state index contributed by atoms with van der Waals surface area (Å²) in [5, 5.41) is 0. The van der Waals surface area contributed by atoms with Gasteiger partial charge in [-0.05, 0) is 99.9 Å². The summed E-state index contributed by atoms with van der Waals surface area (Å²) >= 11 is 7.80. The maximum absolute atomic E-state index is 5.97. The summed E-state index contributed by atoms with van der Waals surface area (Å²) in [5.74, 6) is 0. The third kappa shape index (κ3) is 9.91. The monoisotopic (exact) mass is 726 g/mol. The summed E-state index contributed by atoms with van der Waals surface area (Å²) in [6, 6.07) is 18.6. The fraction of sp³-hybridized carbons (Fsp3) is 0.600. The van der Waals surface area contributed by atoms with E-state index in [1.165, 1.54) is 103 Å². The molecule has 0 unspecified atom stereocenters. The average Bonchev–Trinajstić information content (AvgIpc) is 3.89. The van der Waals surface area contributed by atoms with E-state index in [-0.39, 0.29) is 0 Å². The number of rotatable bonds is 23. The first-order valence-corrected chi connectivity index (χ1v) is 21.6. The van der Waals surface area contributed by atoms with Gasteiger partial charge in [0, 0.05) is 63.1 Å². The van der Waals surface area contributed by atoms with E-state index < -0.39 is 0 Å². The summed E-state index contributed by atoms with van der Waals surface area (Å²) in [6.45, 7) is 11.5. The van der Waals surface area contributed by atoms with Crippen molar-refractivity contribution in [2.75, 3.05) is 52.9 Å². The molecule has 48 heavy (non-hydrogen) atoms. The third-order valence-corrected chi connectivity index (χ3v) is 15.2. The van der Waals surface area contributed by atoms with Crippen molar-refractivity contribution >= 4 is 45.3 Å². The molecule has 2 saturated heterocycles. The molecule has 6 heterocycles. The Balaban J connectivity index is 0.865. The Kier molecular flexibility index (Phi) is 13.8. The van der Waals surface area contributed by atoms with Crippen LogP contribution in [0.5, 0.6) is 0 Å². The summed E-state index contributed by atoms with van der Waals surface area (Å²) in [7, 11) is 0. The maximum Gasteiger partial charge on any atom is 0.0566 e. The molecular formula is C40H54O4S4. The van der Waals surface area contributed by atoms with Gasteiger partial charge in [0.2, 0.25) is 0 Å². The van der Waals surface area contributed by atoms with Crippen LogP contribution in [0, 0.1) is 10.8 Å². The number of aryl methyl sites for hydroxylation is 2. The highest BCUT2D eigenvalue weighted by molar-refractivity contribution is 7.28. The number of ether oxygens (including phenoxy) is 4. The molecule has 2 aliphatic heterocycles. The molecular weight excluding hydrogens is 673 g/mol. The zero-order valence-corrected chi connectivity index (χ0v) is 32.3. The molecule has 0 saturated carbocycles. The van der Waals surface area contributed by atoms with Gasteiger partial charge < -0.3 is 18.9 Å². The molecule has 4 nitrogen and oxygen atoms in total. The molecule has 0 bridgehead atoms. The van der Waals surface area contributed by atoms with E-state index in [9.17, 15) is 0 Å². The van der Waals surface area contributed by atoms with Gasteiger partial charge in [0.1, 0.15) is 0 Å². The summed E-state index contributed by atoms with van der Waals surface area (Å²) in [6.07, 6.45) is 14.6. The molecule has 262 valence electrons. The van der Waals surface area contributed by atoms with E-state index in [2.05, 4.69) is 62.4 Å². The summed E-state index contributed by atoms with van der Waals surface area (Å²) < 4.78 is 22.7. The van der Waals surface area contributed by atoms with E-state index in [4.69, 9.17) is 18.9 Å². The van der Waals surface area contributed by atoms with Crippen LogP contribution < -0.4 is 0 Å². The van der Waals surface area contributed by atoms with Crippen LogP contribution in [0.2, 0.25) is 0 Å². The van der Waals surface area contributed by atoms with Crippen molar-refractivity contribution in [3.8, 4) is 29.3 Å². The van der Waals surface area contributed by atoms with Gasteiger partial charge >= 0.3 is 0 Å². The Bertz CT molecular complexity index is 1380. The smallest absolute Gasteiger partial charge is 0.0566 e. The molecule has 6 rings (SSSR count). The van der Waals surface area contributed by atoms with Crippen molar-refractivity contribution in [2.45, 2.75) is 90.9 Å². The van der Waals surface area contributed by atoms with Gasteiger partial charge in [-0.15, -0.1) is 45.3 Å². The van der Waals surface area contributed by atoms with Crippen LogP contribution in [-0.2, 0) is 31.8 Å². The summed E-state index contributed by atoms with van der Waals surface area (Å²) in [4.78, 5) is 11.3. The molecule has 0 spiro atoms. The molecule has 2 aliphatic rings. The molecule has 0 aliphatic carbocycles. The Hall–Kier alpha value is -1.36. The molecule has 0 radical (unpaired) electrons. The van der Waals surface area contributed by atoms with E-state index in [1.807, 2.05) is 45.3 Å². The molecule has 0 aromatic carbocycles. The maximum atomic E-state index is 5.97. The average molecular weight is 727 g/mol. The second-order valence-electron chi connectivity index (χ2n) is 14.0. The van der Waals surface area contributed by atoms with Gasteiger partial charge in [-0.2, -0.15) is 0 Å². The fourth-order valence-electron chi connectivity index (χ4n) is 6.35. The summed E-state index contributed by atoms with van der Waals surface area (Å²) in [5.41, 5.74) is 0.616. The van der Waals surface area contributed by atoms with Crippen molar-refractivity contribution in [3.05, 3.63) is 58.3 Å². The molecule has 4 aromatic heterocycles. The van der Waals surface area contributed by atoms with E-state index in [0.29, 0.717) is 10.8 Å². The third-order valence-electron chi connectivity index (χ3n) is 10.1. The van der Waals surface area contributed by atoms with Crippen molar-refractivity contribution in [3.63, 3.8) is 0 Å². The van der Waals surface area contributed by atoms with Gasteiger partial charge in [0.05, 0.1) is 39.6 Å². The Morgan fingerprint density at radius 1 is 0.479 bits per heavy atom. The van der Waals surface area contributed by atoms with Crippen molar-refractivity contribution in [1.82, 2.24) is 0 Å². The Labute approximate surface area is 304 Å². The number of hydrogen-bond donors (Lipinski definition) is 0. The van der Waals surface area contributed by atoms with E-state index >= 15 is 0 Å². The van der Waals surface area contributed by atoms with Crippen LogP contribution in [0.25, 0.3) is 29.3 Å². The second-order valence-corrected chi connectivity index (χ2v) is 18.5. The van der Waals surface area contributed by atoms with Crippen LogP contribution in [-0.4, -0.2) is 52.9 Å². The molecule has 0 N–H and O–H groups in total. The van der Waals surface area contributed by atoms with Crippen molar-refractivity contribution in [1.29, 1.82) is 0 Å². The molecule has 2 fully saturated rings. The fourth-order valence-corrected chi connectivity index (χ4v) is 10.7. The van der Waals surface area contributed by atoms with Gasteiger partial charge in [0.25, 0.3) is 0 Å².